The van der Waals surface area contributed by atoms with Crippen LogP contribution in [0.2, 0.25) is 0 Å². The molecule has 2 N–H and O–H groups in total. The summed E-state index contributed by atoms with van der Waals surface area (Å²) in [6.07, 6.45) is 5.82. The molecule has 1 aliphatic rings. The monoisotopic (exact) mass is 336 g/mol. The number of nitrogens with one attached hydrogen (secondary N) is 2. The van der Waals surface area contributed by atoms with Crippen LogP contribution in [-0.2, 0) is 14.8 Å². The van der Waals surface area contributed by atoms with E-state index in [1.165, 1.54) is 6.08 Å². The van der Waals surface area contributed by atoms with Gasteiger partial charge in [0.05, 0.1) is 10.4 Å². The number of sulfonamides is 1. The Hall–Kier alpha value is -1.66. The van der Waals surface area contributed by atoms with Crippen molar-refractivity contribution in [1.29, 1.82) is 0 Å². The highest BCUT2D eigenvalue weighted by atomic mass is 32.2. The molecular weight excluding hydrogens is 312 g/mol. The summed E-state index contributed by atoms with van der Waals surface area (Å²) in [7, 11) is -3.58. The second-order valence-electron chi connectivity index (χ2n) is 6.17. The molecule has 0 saturated heterocycles. The van der Waals surface area contributed by atoms with Crippen molar-refractivity contribution in [2.45, 2.75) is 49.5 Å². The van der Waals surface area contributed by atoms with E-state index in [4.69, 9.17) is 0 Å². The topological polar surface area (TPSA) is 75.3 Å². The highest BCUT2D eigenvalue weighted by Gasteiger charge is 2.34. The summed E-state index contributed by atoms with van der Waals surface area (Å²) in [5.41, 5.74) is 0.479. The molecule has 0 bridgehead atoms. The molecule has 1 saturated carbocycles. The molecule has 5 nitrogen and oxygen atoms in total. The quantitative estimate of drug-likeness (QED) is 0.783. The minimum absolute atomic E-state index is 0.197. The first-order valence-corrected chi connectivity index (χ1v) is 9.36. The van der Waals surface area contributed by atoms with Crippen LogP contribution in [0.1, 0.15) is 37.7 Å². The van der Waals surface area contributed by atoms with Crippen LogP contribution in [0.15, 0.2) is 41.8 Å². The van der Waals surface area contributed by atoms with Crippen molar-refractivity contribution in [3.05, 3.63) is 42.5 Å². The molecule has 0 atom stereocenters. The van der Waals surface area contributed by atoms with Crippen molar-refractivity contribution in [3.63, 3.8) is 0 Å². The maximum Gasteiger partial charge on any atom is 0.243 e. The summed E-state index contributed by atoms with van der Waals surface area (Å²) in [6.45, 7) is 5.58. The number of benzene rings is 1. The summed E-state index contributed by atoms with van der Waals surface area (Å²) in [5, 5.41) is 2.93. The molecule has 1 aromatic carbocycles. The lowest BCUT2D eigenvalue weighted by Gasteiger charge is -2.38. The molecular formula is C17H24N2O3S. The van der Waals surface area contributed by atoms with Gasteiger partial charge in [0.25, 0.3) is 0 Å². The molecule has 0 spiro atoms. The van der Waals surface area contributed by atoms with E-state index in [2.05, 4.69) is 16.6 Å². The molecule has 0 radical (unpaired) electrons. The molecule has 0 aromatic heterocycles. The van der Waals surface area contributed by atoms with Crippen molar-refractivity contribution in [1.82, 2.24) is 10.0 Å². The Morgan fingerprint density at radius 1 is 1.22 bits per heavy atom. The predicted molar refractivity (Wildman–Crippen MR) is 90.5 cm³/mol. The third-order valence-corrected chi connectivity index (χ3v) is 5.73. The Bertz CT molecular complexity index is 660. The largest absolute Gasteiger partial charge is 0.346 e. The minimum atomic E-state index is -3.58. The average Bonchev–Trinajstić information content (AvgIpc) is 2.54. The molecule has 0 unspecified atom stereocenters. The summed E-state index contributed by atoms with van der Waals surface area (Å²) >= 11 is 0. The van der Waals surface area contributed by atoms with E-state index < -0.39 is 15.6 Å². The lowest BCUT2D eigenvalue weighted by atomic mass is 9.81. The van der Waals surface area contributed by atoms with E-state index in [9.17, 15) is 13.2 Å². The number of rotatable bonds is 6. The summed E-state index contributed by atoms with van der Waals surface area (Å²) < 4.78 is 27.5. The third-order valence-electron chi connectivity index (χ3n) is 4.32. The normalized spacial score (nSPS) is 17.4. The van der Waals surface area contributed by atoms with Gasteiger partial charge in [-0.05, 0) is 38.0 Å². The van der Waals surface area contributed by atoms with Gasteiger partial charge in [0, 0.05) is 6.54 Å². The van der Waals surface area contributed by atoms with Gasteiger partial charge in [-0.15, -0.1) is 0 Å². The molecule has 1 fully saturated rings. The predicted octanol–water partition coefficient (Wildman–Crippen LogP) is 2.28. The molecule has 0 aliphatic heterocycles. The van der Waals surface area contributed by atoms with Crippen molar-refractivity contribution in [2.24, 2.45) is 0 Å². The van der Waals surface area contributed by atoms with E-state index in [-0.39, 0.29) is 17.3 Å². The van der Waals surface area contributed by atoms with Crippen LogP contribution in [-0.4, -0.2) is 26.4 Å². The van der Waals surface area contributed by atoms with E-state index in [1.54, 1.807) is 24.3 Å². The van der Waals surface area contributed by atoms with Gasteiger partial charge in [-0.3, -0.25) is 4.79 Å². The number of amides is 1. The maximum absolute atomic E-state index is 12.4. The van der Waals surface area contributed by atoms with E-state index in [0.29, 0.717) is 0 Å². The summed E-state index contributed by atoms with van der Waals surface area (Å²) in [6, 6.07) is 6.72. The van der Waals surface area contributed by atoms with Crippen molar-refractivity contribution >= 4 is 15.9 Å². The fourth-order valence-corrected chi connectivity index (χ4v) is 4.05. The first-order chi connectivity index (χ1) is 10.9. The number of hydrogen-bond donors (Lipinski definition) is 2. The van der Waals surface area contributed by atoms with Crippen molar-refractivity contribution in [2.75, 3.05) is 6.54 Å². The van der Waals surface area contributed by atoms with Crippen molar-refractivity contribution < 1.29 is 13.2 Å². The Labute approximate surface area is 138 Å². The van der Waals surface area contributed by atoms with E-state index in [1.807, 2.05) is 6.92 Å². The van der Waals surface area contributed by atoms with Crippen LogP contribution in [0.25, 0.3) is 0 Å². The Kier molecular flexibility index (Phi) is 5.59. The molecule has 2 rings (SSSR count). The molecule has 6 heteroatoms. The van der Waals surface area contributed by atoms with Gasteiger partial charge >= 0.3 is 0 Å². The van der Waals surface area contributed by atoms with Gasteiger partial charge in [-0.2, -0.15) is 0 Å². The lowest BCUT2D eigenvalue weighted by molar-refractivity contribution is -0.118. The molecule has 1 aliphatic carbocycles. The standard InChI is InChI=1S/C17H24N2O3S/c1-3-16(20)19-17(11-5-4-6-12-17)13-18-23(21,22)15-9-7-14(2)8-10-15/h3,7-10,18H,1,4-6,11-13H2,2H3,(H,19,20). The van der Waals surface area contributed by atoms with Gasteiger partial charge in [-0.1, -0.05) is 43.5 Å². The van der Waals surface area contributed by atoms with Crippen LogP contribution in [0, 0.1) is 6.92 Å². The molecule has 126 valence electrons. The average molecular weight is 336 g/mol. The molecule has 0 heterocycles. The number of aryl methyl sites for hydroxylation is 1. The van der Waals surface area contributed by atoms with Crippen LogP contribution in [0.5, 0.6) is 0 Å². The molecule has 23 heavy (non-hydrogen) atoms. The number of carbonyl (C=O) groups is 1. The number of hydrogen-bond acceptors (Lipinski definition) is 3. The first-order valence-electron chi connectivity index (χ1n) is 7.88. The van der Waals surface area contributed by atoms with Gasteiger partial charge in [0.15, 0.2) is 0 Å². The van der Waals surface area contributed by atoms with Crippen LogP contribution >= 0.6 is 0 Å². The first kappa shape index (κ1) is 17.7. The molecule has 1 aromatic rings. The van der Waals surface area contributed by atoms with E-state index >= 15 is 0 Å². The summed E-state index contributed by atoms with van der Waals surface area (Å²) in [4.78, 5) is 12.0. The highest BCUT2D eigenvalue weighted by molar-refractivity contribution is 7.89. The third kappa shape index (κ3) is 4.65. The smallest absolute Gasteiger partial charge is 0.243 e. The van der Waals surface area contributed by atoms with Crippen molar-refractivity contribution in [3.8, 4) is 0 Å². The minimum Gasteiger partial charge on any atom is -0.346 e. The SMILES string of the molecule is C=CC(=O)NC1(CNS(=O)(=O)c2ccc(C)cc2)CCCCC1. The fraction of sp³-hybridized carbons (Fsp3) is 0.471. The highest BCUT2D eigenvalue weighted by Crippen LogP contribution is 2.28. The Balaban J connectivity index is 2.12. The van der Waals surface area contributed by atoms with Gasteiger partial charge in [-0.25, -0.2) is 13.1 Å². The Morgan fingerprint density at radius 3 is 2.39 bits per heavy atom. The van der Waals surface area contributed by atoms with Crippen LogP contribution in [0.3, 0.4) is 0 Å². The van der Waals surface area contributed by atoms with Gasteiger partial charge < -0.3 is 5.32 Å². The second-order valence-corrected chi connectivity index (χ2v) is 7.94. The zero-order valence-electron chi connectivity index (χ0n) is 13.5. The second kappa shape index (κ2) is 7.27. The van der Waals surface area contributed by atoms with E-state index in [0.717, 1.165) is 37.7 Å². The zero-order chi connectivity index (χ0) is 16.9. The lowest BCUT2D eigenvalue weighted by Crippen LogP contribution is -2.56. The maximum atomic E-state index is 12.4. The fourth-order valence-electron chi connectivity index (χ4n) is 2.92. The van der Waals surface area contributed by atoms with Crippen LogP contribution < -0.4 is 10.0 Å². The zero-order valence-corrected chi connectivity index (χ0v) is 14.3. The van der Waals surface area contributed by atoms with Gasteiger partial charge in [0.2, 0.25) is 15.9 Å². The number of carbonyl (C=O) groups excluding carboxylic acids is 1. The van der Waals surface area contributed by atoms with Crippen LogP contribution in [0.4, 0.5) is 0 Å². The molecule has 1 amide bonds. The Morgan fingerprint density at radius 2 is 1.83 bits per heavy atom. The van der Waals surface area contributed by atoms with Gasteiger partial charge in [0.1, 0.15) is 0 Å². The summed E-state index contributed by atoms with van der Waals surface area (Å²) in [5.74, 6) is -0.263.